The molecule has 1 N–H and O–H groups in total. The van der Waals surface area contributed by atoms with Crippen LogP contribution in [-0.2, 0) is 33.0 Å². The zero-order valence-corrected chi connectivity index (χ0v) is 13.1. The Hall–Kier alpha value is -1.94. The van der Waals surface area contributed by atoms with Gasteiger partial charge in [0.2, 0.25) is 0 Å². The third-order valence-corrected chi connectivity index (χ3v) is 4.52. The molecule has 0 amide bonds. The summed E-state index contributed by atoms with van der Waals surface area (Å²) in [7, 11) is -2.09. The first-order valence-electron chi connectivity index (χ1n) is 6.01. The van der Waals surface area contributed by atoms with Gasteiger partial charge in [-0.25, -0.2) is 9.97 Å². The molecule has 10 heteroatoms. The van der Waals surface area contributed by atoms with Crippen LogP contribution < -0.4 is 4.72 Å². The predicted molar refractivity (Wildman–Crippen MR) is 76.5 cm³/mol. The molecule has 0 unspecified atom stereocenters. The molecular weight excluding hydrogens is 316 g/mol. The smallest absolute Gasteiger partial charge is 0.311 e. The SMILES string of the molecule is CCOC(=O)Cc1csc(NS(=O)(=O)c2cn(C)cn2)n1. The van der Waals surface area contributed by atoms with Crippen LogP contribution in [0.5, 0.6) is 0 Å². The summed E-state index contributed by atoms with van der Waals surface area (Å²) in [6, 6.07) is 0. The second-order valence-corrected chi connectivity index (χ2v) is 6.60. The number of thiazole rings is 1. The molecule has 0 aliphatic carbocycles. The van der Waals surface area contributed by atoms with Crippen LogP contribution in [0.1, 0.15) is 12.6 Å². The lowest BCUT2D eigenvalue weighted by Gasteiger charge is -2.01. The molecule has 0 saturated carbocycles. The number of sulfonamides is 1. The average molecular weight is 330 g/mol. The van der Waals surface area contributed by atoms with E-state index in [1.165, 1.54) is 17.1 Å². The molecule has 0 fully saturated rings. The minimum Gasteiger partial charge on any atom is -0.466 e. The van der Waals surface area contributed by atoms with Gasteiger partial charge >= 0.3 is 5.97 Å². The number of aromatic nitrogens is 3. The maximum Gasteiger partial charge on any atom is 0.311 e. The number of carbonyl (C=O) groups excluding carboxylic acids is 1. The summed E-state index contributed by atoms with van der Waals surface area (Å²) in [5.74, 6) is -0.401. The molecule has 0 atom stereocenters. The number of carbonyl (C=O) groups is 1. The van der Waals surface area contributed by atoms with E-state index >= 15 is 0 Å². The number of imidazole rings is 1. The lowest BCUT2D eigenvalue weighted by Crippen LogP contribution is -2.13. The highest BCUT2D eigenvalue weighted by Gasteiger charge is 2.19. The largest absolute Gasteiger partial charge is 0.466 e. The summed E-state index contributed by atoms with van der Waals surface area (Å²) in [5, 5.41) is 1.69. The summed E-state index contributed by atoms with van der Waals surface area (Å²) in [5.41, 5.74) is 0.456. The Bertz CT molecular complexity index is 735. The van der Waals surface area contributed by atoms with E-state index < -0.39 is 16.0 Å². The molecule has 0 aliphatic rings. The van der Waals surface area contributed by atoms with E-state index in [0.717, 1.165) is 11.3 Å². The normalized spacial score (nSPS) is 11.3. The number of anilines is 1. The Morgan fingerprint density at radius 1 is 1.52 bits per heavy atom. The second kappa shape index (κ2) is 6.22. The van der Waals surface area contributed by atoms with Gasteiger partial charge in [-0.05, 0) is 6.92 Å². The molecule has 8 nitrogen and oxygen atoms in total. The monoisotopic (exact) mass is 330 g/mol. The molecule has 0 aliphatic heterocycles. The number of ether oxygens (including phenoxy) is 1. The Kier molecular flexibility index (Phi) is 4.58. The predicted octanol–water partition coefficient (Wildman–Crippen LogP) is 0.783. The summed E-state index contributed by atoms with van der Waals surface area (Å²) >= 11 is 1.09. The number of esters is 1. The van der Waals surface area contributed by atoms with E-state index in [1.807, 2.05) is 0 Å². The fraction of sp³-hybridized carbons (Fsp3) is 0.364. The van der Waals surface area contributed by atoms with Crippen molar-refractivity contribution < 1.29 is 17.9 Å². The van der Waals surface area contributed by atoms with E-state index in [4.69, 9.17) is 4.74 Å². The van der Waals surface area contributed by atoms with Gasteiger partial charge < -0.3 is 9.30 Å². The van der Waals surface area contributed by atoms with Crippen LogP contribution in [0.25, 0.3) is 0 Å². The summed E-state index contributed by atoms with van der Waals surface area (Å²) in [6.07, 6.45) is 2.79. The highest BCUT2D eigenvalue weighted by atomic mass is 32.2. The second-order valence-electron chi connectivity index (χ2n) is 4.11. The standard InChI is InChI=1S/C11H14N4O4S2/c1-3-19-10(16)4-8-6-20-11(13-8)14-21(17,18)9-5-15(2)7-12-9/h5-7H,3-4H2,1-2H3,(H,13,14). The van der Waals surface area contributed by atoms with Crippen molar-refractivity contribution in [2.24, 2.45) is 7.05 Å². The van der Waals surface area contributed by atoms with Crippen molar-refractivity contribution in [2.75, 3.05) is 11.3 Å². The molecule has 0 aromatic carbocycles. The Balaban J connectivity index is 2.07. The van der Waals surface area contributed by atoms with Crippen molar-refractivity contribution in [1.82, 2.24) is 14.5 Å². The molecular formula is C11H14N4O4S2. The fourth-order valence-electron chi connectivity index (χ4n) is 1.49. The van der Waals surface area contributed by atoms with E-state index in [1.54, 1.807) is 19.4 Å². The van der Waals surface area contributed by atoms with Gasteiger partial charge in [-0.1, -0.05) is 0 Å². The van der Waals surface area contributed by atoms with E-state index in [9.17, 15) is 13.2 Å². The van der Waals surface area contributed by atoms with Gasteiger partial charge in [-0.3, -0.25) is 9.52 Å². The Morgan fingerprint density at radius 2 is 2.29 bits per heavy atom. The molecule has 2 aromatic heterocycles. The van der Waals surface area contributed by atoms with Gasteiger partial charge in [0, 0.05) is 18.6 Å². The summed E-state index contributed by atoms with van der Waals surface area (Å²) in [6.45, 7) is 2.01. The first kappa shape index (κ1) is 15.4. The van der Waals surface area contributed by atoms with Crippen LogP contribution in [0.4, 0.5) is 5.13 Å². The van der Waals surface area contributed by atoms with Gasteiger partial charge in [0.1, 0.15) is 0 Å². The van der Waals surface area contributed by atoms with E-state index in [-0.39, 0.29) is 16.6 Å². The molecule has 2 aromatic rings. The quantitative estimate of drug-likeness (QED) is 0.785. The average Bonchev–Trinajstić information content (AvgIpc) is 2.99. The van der Waals surface area contributed by atoms with Crippen LogP contribution in [0.15, 0.2) is 22.9 Å². The van der Waals surface area contributed by atoms with E-state index in [2.05, 4.69) is 14.7 Å². The van der Waals surface area contributed by atoms with Crippen molar-refractivity contribution in [3.63, 3.8) is 0 Å². The molecule has 0 radical (unpaired) electrons. The van der Waals surface area contributed by atoms with Crippen molar-refractivity contribution >= 4 is 32.5 Å². The number of rotatable bonds is 6. The van der Waals surface area contributed by atoms with Gasteiger partial charge in [0.15, 0.2) is 10.2 Å². The molecule has 2 rings (SSSR count). The highest BCUT2D eigenvalue weighted by Crippen LogP contribution is 2.19. The number of hydrogen-bond donors (Lipinski definition) is 1. The number of nitrogens with zero attached hydrogens (tertiary/aromatic N) is 3. The summed E-state index contributed by atoms with van der Waals surface area (Å²) < 4.78 is 32.7. The zero-order chi connectivity index (χ0) is 15.5. The van der Waals surface area contributed by atoms with Gasteiger partial charge in [-0.15, -0.1) is 11.3 Å². The van der Waals surface area contributed by atoms with Crippen molar-refractivity contribution in [3.8, 4) is 0 Å². The van der Waals surface area contributed by atoms with Crippen molar-refractivity contribution in [1.29, 1.82) is 0 Å². The van der Waals surface area contributed by atoms with Gasteiger partial charge in [0.25, 0.3) is 10.0 Å². The van der Waals surface area contributed by atoms with Crippen molar-refractivity contribution in [2.45, 2.75) is 18.4 Å². The fourth-order valence-corrected chi connectivity index (χ4v) is 3.44. The number of aryl methyl sites for hydroxylation is 1. The molecule has 2 heterocycles. The highest BCUT2D eigenvalue weighted by molar-refractivity contribution is 7.92. The first-order valence-corrected chi connectivity index (χ1v) is 8.38. The third kappa shape index (κ3) is 4.02. The first-order chi connectivity index (χ1) is 9.90. The summed E-state index contributed by atoms with van der Waals surface area (Å²) in [4.78, 5) is 19.1. The van der Waals surface area contributed by atoms with E-state index in [0.29, 0.717) is 12.3 Å². The Labute approximate surface area is 125 Å². The maximum atomic E-state index is 12.0. The minimum atomic E-state index is -3.77. The maximum absolute atomic E-state index is 12.0. The molecule has 114 valence electrons. The minimum absolute atomic E-state index is 0.00958. The van der Waals surface area contributed by atoms with Gasteiger partial charge in [-0.2, -0.15) is 8.42 Å². The molecule has 0 spiro atoms. The third-order valence-electron chi connectivity index (χ3n) is 2.36. The Morgan fingerprint density at radius 3 is 2.90 bits per heavy atom. The lowest BCUT2D eigenvalue weighted by molar-refractivity contribution is -0.142. The lowest BCUT2D eigenvalue weighted by atomic mass is 10.3. The van der Waals surface area contributed by atoms with Crippen LogP contribution in [-0.4, -0.2) is 35.5 Å². The van der Waals surface area contributed by atoms with Crippen LogP contribution in [0, 0.1) is 0 Å². The van der Waals surface area contributed by atoms with Crippen LogP contribution in [0.2, 0.25) is 0 Å². The molecule has 0 saturated heterocycles. The van der Waals surface area contributed by atoms with Crippen LogP contribution in [0.3, 0.4) is 0 Å². The number of hydrogen-bond acceptors (Lipinski definition) is 7. The molecule has 21 heavy (non-hydrogen) atoms. The van der Waals surface area contributed by atoms with Gasteiger partial charge in [0.05, 0.1) is 25.0 Å². The number of nitrogens with one attached hydrogen (secondary N) is 1. The van der Waals surface area contributed by atoms with Crippen molar-refractivity contribution in [3.05, 3.63) is 23.6 Å². The molecule has 0 bridgehead atoms. The van der Waals surface area contributed by atoms with Crippen LogP contribution >= 0.6 is 11.3 Å². The topological polar surface area (TPSA) is 103 Å². The zero-order valence-electron chi connectivity index (χ0n) is 11.4.